The zero-order valence-corrected chi connectivity index (χ0v) is 8.46. The molecule has 0 saturated carbocycles. The van der Waals surface area contributed by atoms with Crippen LogP contribution in [0.1, 0.15) is 0 Å². The van der Waals surface area contributed by atoms with E-state index in [1.165, 1.54) is 0 Å². The molecule has 3 heteroatoms. The van der Waals surface area contributed by atoms with Crippen molar-refractivity contribution < 1.29 is 5.11 Å². The molecule has 0 saturated heterocycles. The molecule has 0 amide bonds. The van der Waals surface area contributed by atoms with Crippen molar-refractivity contribution in [2.45, 2.75) is 0 Å². The lowest BCUT2D eigenvalue weighted by molar-refractivity contribution is 0.475. The average Bonchev–Trinajstić information content (AvgIpc) is 2.72. The summed E-state index contributed by atoms with van der Waals surface area (Å²) in [6, 6.07) is 15.7. The van der Waals surface area contributed by atoms with Crippen LogP contribution < -0.4 is 0 Å². The first-order chi connectivity index (χ1) is 7.84. The largest absolute Gasteiger partial charge is 0.508 e. The summed E-state index contributed by atoms with van der Waals surface area (Å²) < 4.78 is 1.78. The predicted molar refractivity (Wildman–Crippen MR) is 61.6 cm³/mol. The summed E-state index contributed by atoms with van der Waals surface area (Å²) in [7, 11) is 0. The first kappa shape index (κ1) is 8.97. The van der Waals surface area contributed by atoms with Gasteiger partial charge in [-0.3, -0.25) is 0 Å². The molecule has 0 fully saturated rings. The molecule has 0 aliphatic heterocycles. The van der Waals surface area contributed by atoms with Gasteiger partial charge in [0.15, 0.2) is 0 Å². The van der Waals surface area contributed by atoms with Crippen LogP contribution in [0.4, 0.5) is 0 Å². The van der Waals surface area contributed by atoms with Gasteiger partial charge in [-0.1, -0.05) is 18.2 Å². The van der Waals surface area contributed by atoms with Crippen LogP contribution in [-0.4, -0.2) is 14.9 Å². The third-order valence-electron chi connectivity index (χ3n) is 2.49. The van der Waals surface area contributed by atoms with Crippen LogP contribution in [0.2, 0.25) is 0 Å². The smallest absolute Gasteiger partial charge is 0.117 e. The molecule has 77 valence electrons. The molecule has 0 aliphatic rings. The van der Waals surface area contributed by atoms with Crippen molar-refractivity contribution in [3.8, 4) is 11.4 Å². The van der Waals surface area contributed by atoms with Crippen LogP contribution in [0.3, 0.4) is 0 Å². The highest BCUT2D eigenvalue weighted by atomic mass is 16.3. The number of aromatic nitrogens is 2. The summed E-state index contributed by atoms with van der Waals surface area (Å²) in [5.74, 6) is 0.237. The second-order valence-corrected chi connectivity index (χ2v) is 3.56. The summed E-state index contributed by atoms with van der Waals surface area (Å²) in [6.45, 7) is 0. The summed E-state index contributed by atoms with van der Waals surface area (Å²) >= 11 is 0. The lowest BCUT2D eigenvalue weighted by Gasteiger charge is -2.03. The number of fused-ring (bicyclic) bond motifs is 1. The Morgan fingerprint density at radius 3 is 3.06 bits per heavy atom. The minimum Gasteiger partial charge on any atom is -0.508 e. The monoisotopic (exact) mass is 209 g/mol. The fourth-order valence-electron chi connectivity index (χ4n) is 1.74. The Bertz CT molecular complexity index is 643. The molecular formula is C13H9N2O. The Morgan fingerprint density at radius 1 is 1.25 bits per heavy atom. The van der Waals surface area contributed by atoms with Crippen LogP contribution in [0.25, 0.3) is 16.6 Å². The van der Waals surface area contributed by atoms with Crippen molar-refractivity contribution in [1.82, 2.24) is 9.78 Å². The Balaban J connectivity index is 2.26. The molecule has 3 aromatic rings. The highest BCUT2D eigenvalue weighted by Gasteiger charge is 2.03. The van der Waals surface area contributed by atoms with Gasteiger partial charge < -0.3 is 5.11 Å². The van der Waals surface area contributed by atoms with E-state index in [1.807, 2.05) is 24.3 Å². The maximum absolute atomic E-state index is 9.44. The Morgan fingerprint density at radius 2 is 2.19 bits per heavy atom. The fraction of sp³-hybridized carbons (Fsp3) is 0. The maximum atomic E-state index is 9.44. The molecule has 2 aromatic carbocycles. The van der Waals surface area contributed by atoms with Gasteiger partial charge in [-0.2, -0.15) is 5.10 Å². The number of rotatable bonds is 1. The molecule has 3 nitrogen and oxygen atoms in total. The standard InChI is InChI=1S/C13H9N2O/c16-12-6-3-5-11(8-12)15-13-7-2-1-4-10(13)9-14-15/h1,3-9,16H. The van der Waals surface area contributed by atoms with Crippen LogP contribution in [0.15, 0.2) is 48.7 Å². The summed E-state index contributed by atoms with van der Waals surface area (Å²) in [5, 5.41) is 14.8. The van der Waals surface area contributed by atoms with Crippen LogP contribution in [-0.2, 0) is 0 Å². The van der Waals surface area contributed by atoms with E-state index in [2.05, 4.69) is 11.2 Å². The van der Waals surface area contributed by atoms with Crippen molar-refractivity contribution in [3.63, 3.8) is 0 Å². The van der Waals surface area contributed by atoms with E-state index in [4.69, 9.17) is 0 Å². The number of hydrogen-bond donors (Lipinski definition) is 1. The lowest BCUT2D eigenvalue weighted by Crippen LogP contribution is -1.94. The van der Waals surface area contributed by atoms with E-state index in [0.717, 1.165) is 16.6 Å². The number of hydrogen-bond acceptors (Lipinski definition) is 2. The minimum atomic E-state index is 0.237. The van der Waals surface area contributed by atoms with Crippen molar-refractivity contribution in [2.75, 3.05) is 0 Å². The Kier molecular flexibility index (Phi) is 1.90. The number of benzene rings is 2. The zero-order chi connectivity index (χ0) is 11.0. The molecule has 0 unspecified atom stereocenters. The summed E-state index contributed by atoms with van der Waals surface area (Å²) in [4.78, 5) is 0. The number of aromatic hydroxyl groups is 1. The second kappa shape index (κ2) is 3.38. The van der Waals surface area contributed by atoms with E-state index in [1.54, 1.807) is 29.1 Å². The van der Waals surface area contributed by atoms with Crippen LogP contribution in [0, 0.1) is 6.07 Å². The third kappa shape index (κ3) is 1.34. The van der Waals surface area contributed by atoms with E-state index < -0.39 is 0 Å². The molecular weight excluding hydrogens is 200 g/mol. The quantitative estimate of drug-likeness (QED) is 0.668. The van der Waals surface area contributed by atoms with E-state index in [-0.39, 0.29) is 5.75 Å². The van der Waals surface area contributed by atoms with Gasteiger partial charge in [-0.25, -0.2) is 4.68 Å². The molecule has 1 heterocycles. The van der Waals surface area contributed by atoms with E-state index in [9.17, 15) is 5.11 Å². The normalized spacial score (nSPS) is 10.8. The Hall–Kier alpha value is -2.29. The van der Waals surface area contributed by atoms with Gasteiger partial charge in [-0.05, 0) is 24.3 Å². The first-order valence-electron chi connectivity index (χ1n) is 4.98. The molecule has 1 aromatic heterocycles. The van der Waals surface area contributed by atoms with Gasteiger partial charge in [0.1, 0.15) is 5.75 Å². The number of phenolic OH excluding ortho intramolecular Hbond substituents is 1. The molecule has 0 aliphatic carbocycles. The molecule has 1 radical (unpaired) electrons. The topological polar surface area (TPSA) is 38.0 Å². The van der Waals surface area contributed by atoms with Crippen molar-refractivity contribution in [1.29, 1.82) is 0 Å². The summed E-state index contributed by atoms with van der Waals surface area (Å²) in [5.41, 5.74) is 1.82. The van der Waals surface area contributed by atoms with Crippen molar-refractivity contribution >= 4 is 10.9 Å². The van der Waals surface area contributed by atoms with Crippen LogP contribution in [0.5, 0.6) is 5.75 Å². The van der Waals surface area contributed by atoms with Gasteiger partial charge in [0.05, 0.1) is 17.4 Å². The average molecular weight is 209 g/mol. The number of nitrogens with zero attached hydrogens (tertiary/aromatic N) is 2. The van der Waals surface area contributed by atoms with Crippen LogP contribution >= 0.6 is 0 Å². The lowest BCUT2D eigenvalue weighted by atomic mass is 10.2. The predicted octanol–water partition coefficient (Wildman–Crippen LogP) is 2.53. The highest BCUT2D eigenvalue weighted by molar-refractivity contribution is 5.79. The van der Waals surface area contributed by atoms with Crippen molar-refractivity contribution in [2.24, 2.45) is 0 Å². The van der Waals surface area contributed by atoms with Gasteiger partial charge >= 0.3 is 0 Å². The Labute approximate surface area is 92.6 Å². The summed E-state index contributed by atoms with van der Waals surface area (Å²) in [6.07, 6.45) is 1.80. The van der Waals surface area contributed by atoms with E-state index >= 15 is 0 Å². The molecule has 3 rings (SSSR count). The van der Waals surface area contributed by atoms with Gasteiger partial charge in [0.25, 0.3) is 0 Å². The van der Waals surface area contributed by atoms with Gasteiger partial charge in [0, 0.05) is 11.5 Å². The third-order valence-corrected chi connectivity index (χ3v) is 2.49. The molecule has 0 spiro atoms. The molecule has 1 N–H and O–H groups in total. The zero-order valence-electron chi connectivity index (χ0n) is 8.46. The van der Waals surface area contributed by atoms with Crippen molar-refractivity contribution in [3.05, 3.63) is 54.7 Å². The minimum absolute atomic E-state index is 0.237. The van der Waals surface area contributed by atoms with Gasteiger partial charge in [0.2, 0.25) is 0 Å². The molecule has 16 heavy (non-hydrogen) atoms. The van der Waals surface area contributed by atoms with E-state index in [0.29, 0.717) is 0 Å². The first-order valence-corrected chi connectivity index (χ1v) is 4.98. The highest BCUT2D eigenvalue weighted by Crippen LogP contribution is 2.20. The maximum Gasteiger partial charge on any atom is 0.117 e. The molecule has 0 atom stereocenters. The molecule has 0 bridgehead atoms. The fourth-order valence-corrected chi connectivity index (χ4v) is 1.74. The number of phenols is 1. The van der Waals surface area contributed by atoms with Gasteiger partial charge in [-0.15, -0.1) is 0 Å². The second-order valence-electron chi connectivity index (χ2n) is 3.56. The SMILES string of the molecule is Oc1cccc(-n2ncc3cc[c]cc32)c1.